The Morgan fingerprint density at radius 1 is 0.892 bits per heavy atom. The largest absolute Gasteiger partial charge is 0.447 e. The molecule has 1 amide bonds. The number of hydrogen-bond donors (Lipinski definition) is 10. The van der Waals surface area contributed by atoms with Crippen molar-refractivity contribution < 1.29 is 69.3 Å². The van der Waals surface area contributed by atoms with Gasteiger partial charge in [-0.15, -0.1) is 0 Å². The lowest BCUT2D eigenvalue weighted by atomic mass is 9.93. The van der Waals surface area contributed by atoms with Crippen LogP contribution in [0.25, 0.3) is 0 Å². The van der Waals surface area contributed by atoms with Crippen LogP contribution in [0.3, 0.4) is 0 Å². The first-order chi connectivity index (χ1) is 17.5. The molecule has 0 aromatic carbocycles. The number of primary amides is 1. The molecule has 2 saturated heterocycles. The Balaban J connectivity index is 2.14. The lowest BCUT2D eigenvalue weighted by molar-refractivity contribution is -0.367. The average Bonchev–Trinajstić information content (AvgIpc) is 2.87. The van der Waals surface area contributed by atoms with E-state index >= 15 is 0 Å². The van der Waals surface area contributed by atoms with Gasteiger partial charge in [0.2, 0.25) is 0 Å². The van der Waals surface area contributed by atoms with Crippen molar-refractivity contribution in [1.29, 1.82) is 0 Å². The highest BCUT2D eigenvalue weighted by Gasteiger charge is 2.53. The van der Waals surface area contributed by atoms with E-state index in [9.17, 15) is 45.6 Å². The van der Waals surface area contributed by atoms with Crippen LogP contribution in [-0.4, -0.2) is 158 Å². The van der Waals surface area contributed by atoms with E-state index in [0.29, 0.717) is 18.7 Å². The molecule has 0 radical (unpaired) electrons. The van der Waals surface area contributed by atoms with Crippen molar-refractivity contribution in [2.45, 2.75) is 80.0 Å². The maximum atomic E-state index is 10.8. The third-order valence-corrected chi connectivity index (χ3v) is 6.90. The fraction of sp³-hybridized carbons (Fsp3) is 0.950. The molecule has 218 valence electrons. The molecular formula is C20H38N2O14S. The minimum Gasteiger partial charge on any atom is -0.447 e. The number of rotatable bonds is 14. The van der Waals surface area contributed by atoms with Gasteiger partial charge in [-0.1, -0.05) is 0 Å². The smallest absolute Gasteiger partial charge is 0.404 e. The lowest BCUT2D eigenvalue weighted by Crippen LogP contribution is -2.66. The molecule has 12 N–H and O–H groups in total. The van der Waals surface area contributed by atoms with E-state index in [0.717, 1.165) is 5.75 Å². The molecule has 2 rings (SSSR count). The van der Waals surface area contributed by atoms with Crippen molar-refractivity contribution in [3.63, 3.8) is 0 Å². The van der Waals surface area contributed by atoms with Gasteiger partial charge in [0.15, 0.2) is 12.6 Å². The number of thioether (sulfide) groups is 1. The zero-order chi connectivity index (χ0) is 27.7. The molecule has 0 unspecified atom stereocenters. The van der Waals surface area contributed by atoms with Crippen molar-refractivity contribution in [2.24, 2.45) is 11.5 Å². The van der Waals surface area contributed by atoms with E-state index < -0.39 is 92.9 Å². The van der Waals surface area contributed by atoms with Gasteiger partial charge in [0.1, 0.15) is 67.6 Å². The number of aliphatic hydroxyl groups excluding tert-OH is 8. The van der Waals surface area contributed by atoms with Crippen molar-refractivity contribution in [2.75, 3.05) is 37.9 Å². The highest BCUT2D eigenvalue weighted by atomic mass is 32.2. The second-order valence-corrected chi connectivity index (χ2v) is 9.79. The molecule has 0 bridgehead atoms. The molecule has 37 heavy (non-hydrogen) atoms. The van der Waals surface area contributed by atoms with Crippen LogP contribution in [0.5, 0.6) is 0 Å². The second-order valence-electron chi connectivity index (χ2n) is 8.56. The average molecular weight is 563 g/mol. The minimum atomic E-state index is -1.92. The molecule has 2 fully saturated rings. The van der Waals surface area contributed by atoms with Gasteiger partial charge in [-0.25, -0.2) is 4.79 Å². The van der Waals surface area contributed by atoms with E-state index in [2.05, 4.69) is 4.74 Å². The minimum absolute atomic E-state index is 0.117. The van der Waals surface area contributed by atoms with Gasteiger partial charge >= 0.3 is 6.09 Å². The van der Waals surface area contributed by atoms with Crippen LogP contribution in [0.15, 0.2) is 0 Å². The summed E-state index contributed by atoms with van der Waals surface area (Å²) < 4.78 is 26.4. The molecule has 16 nitrogen and oxygen atoms in total. The SMILES string of the molecule is NCCSCCCO[C@H]1O[C@H]([C@@H](O)CO)[C@@H](O)[C@H](O[C@H]2O[C@H]([C@@H](O)COC(N)=O)[C@@H](O)[C@H](O)[C@@H]2O)[C@@H]1O. The summed E-state index contributed by atoms with van der Waals surface area (Å²) in [6.45, 7) is -0.899. The summed E-state index contributed by atoms with van der Waals surface area (Å²) in [7, 11) is 0. The van der Waals surface area contributed by atoms with Crippen LogP contribution in [-0.2, 0) is 23.7 Å². The van der Waals surface area contributed by atoms with Crippen molar-refractivity contribution >= 4 is 17.9 Å². The summed E-state index contributed by atoms with van der Waals surface area (Å²) in [4.78, 5) is 10.8. The summed E-state index contributed by atoms with van der Waals surface area (Å²) in [6.07, 6.45) is -21.2. The van der Waals surface area contributed by atoms with Crippen LogP contribution in [0, 0.1) is 0 Å². The number of hydrogen-bond acceptors (Lipinski definition) is 16. The molecule has 2 aliphatic rings. The van der Waals surface area contributed by atoms with E-state index in [1.165, 1.54) is 0 Å². The fourth-order valence-corrected chi connectivity index (χ4v) is 4.54. The summed E-state index contributed by atoms with van der Waals surface area (Å²) in [6, 6.07) is 0. The zero-order valence-electron chi connectivity index (χ0n) is 20.0. The van der Waals surface area contributed by atoms with Crippen molar-refractivity contribution in [3.8, 4) is 0 Å². The number of carbonyl (C=O) groups is 1. The maximum absolute atomic E-state index is 10.8. The number of carbonyl (C=O) groups excluding carboxylic acids is 1. The highest BCUT2D eigenvalue weighted by Crippen LogP contribution is 2.31. The predicted molar refractivity (Wildman–Crippen MR) is 124 cm³/mol. The fourth-order valence-electron chi connectivity index (χ4n) is 3.85. The van der Waals surface area contributed by atoms with Gasteiger partial charge in [0.05, 0.1) is 13.2 Å². The Labute approximate surface area is 217 Å². The van der Waals surface area contributed by atoms with E-state index in [4.69, 9.17) is 30.4 Å². The molecule has 0 spiro atoms. The third-order valence-electron chi connectivity index (χ3n) is 5.80. The van der Waals surface area contributed by atoms with Gasteiger partial charge in [-0.05, 0) is 12.2 Å². The first kappa shape index (κ1) is 32.3. The molecule has 0 aliphatic carbocycles. The normalized spacial score (nSPS) is 38.2. The van der Waals surface area contributed by atoms with Crippen molar-refractivity contribution in [3.05, 3.63) is 0 Å². The van der Waals surface area contributed by atoms with Crippen LogP contribution in [0.1, 0.15) is 6.42 Å². The summed E-state index contributed by atoms with van der Waals surface area (Å²) in [5.41, 5.74) is 10.3. The van der Waals surface area contributed by atoms with E-state index in [-0.39, 0.29) is 6.61 Å². The first-order valence-electron chi connectivity index (χ1n) is 11.7. The molecule has 2 aliphatic heterocycles. The molecule has 0 aromatic heterocycles. The second kappa shape index (κ2) is 15.6. The Morgan fingerprint density at radius 3 is 2.16 bits per heavy atom. The third kappa shape index (κ3) is 8.80. The van der Waals surface area contributed by atoms with E-state index in [1.54, 1.807) is 11.8 Å². The summed E-state index contributed by atoms with van der Waals surface area (Å²) in [5, 5.41) is 82.0. The van der Waals surface area contributed by atoms with Crippen molar-refractivity contribution in [1.82, 2.24) is 0 Å². The monoisotopic (exact) mass is 562 g/mol. The molecular weight excluding hydrogens is 524 g/mol. The zero-order valence-corrected chi connectivity index (χ0v) is 20.8. The molecule has 2 heterocycles. The number of amides is 1. The Hall–Kier alpha value is -0.900. The quantitative estimate of drug-likeness (QED) is 0.0884. The Morgan fingerprint density at radius 2 is 1.54 bits per heavy atom. The topological polar surface area (TPSA) is 277 Å². The van der Waals surface area contributed by atoms with Gasteiger partial charge in [0.25, 0.3) is 0 Å². The molecule has 0 saturated carbocycles. The van der Waals surface area contributed by atoms with Gasteiger partial charge < -0.3 is 76.0 Å². The maximum Gasteiger partial charge on any atom is 0.404 e. The molecule has 17 heteroatoms. The standard InChI is InChI=1S/C20H38N2O14S/c21-2-5-37-4-1-3-32-18-14(30)17(13(29)15(34-18)8(24)6-23)36-19-12(28)10(26)11(27)16(35-19)9(25)7-33-20(22)31/h8-19,23-30H,1-7,21H2,(H2,22,31)/t8-,9-,10-,11-,12-,13+,14-,15+,16+,17-,18-,19+/m0/s1. The van der Waals surface area contributed by atoms with Gasteiger partial charge in [-0.2, -0.15) is 11.8 Å². The van der Waals surface area contributed by atoms with Crippen LogP contribution < -0.4 is 11.5 Å². The number of ether oxygens (including phenoxy) is 5. The highest BCUT2D eigenvalue weighted by molar-refractivity contribution is 7.99. The Bertz CT molecular complexity index is 683. The molecule has 0 aromatic rings. The predicted octanol–water partition coefficient (Wildman–Crippen LogP) is -5.47. The Kier molecular flexibility index (Phi) is 13.7. The summed E-state index contributed by atoms with van der Waals surface area (Å²) in [5.74, 6) is 1.46. The lowest BCUT2D eigenvalue weighted by Gasteiger charge is -2.47. The van der Waals surface area contributed by atoms with Crippen LogP contribution >= 0.6 is 11.8 Å². The van der Waals surface area contributed by atoms with Gasteiger partial charge in [-0.3, -0.25) is 0 Å². The van der Waals surface area contributed by atoms with E-state index in [1.807, 2.05) is 0 Å². The molecule has 12 atom stereocenters. The van der Waals surface area contributed by atoms with Crippen LogP contribution in [0.2, 0.25) is 0 Å². The van der Waals surface area contributed by atoms with Gasteiger partial charge in [0, 0.05) is 12.3 Å². The summed E-state index contributed by atoms with van der Waals surface area (Å²) >= 11 is 1.59. The van der Waals surface area contributed by atoms with Crippen LogP contribution in [0.4, 0.5) is 4.79 Å². The number of nitrogens with two attached hydrogens (primary N) is 2. The number of aliphatic hydroxyl groups is 8. The first-order valence-corrected chi connectivity index (χ1v) is 12.8.